The molecule has 4 heteroatoms. The lowest BCUT2D eigenvalue weighted by Crippen LogP contribution is -2.33. The van der Waals surface area contributed by atoms with Gasteiger partial charge in [-0.3, -0.25) is 4.98 Å². The molecule has 0 unspecified atom stereocenters. The summed E-state index contributed by atoms with van der Waals surface area (Å²) in [5, 5.41) is 7.32. The average Bonchev–Trinajstić information content (AvgIpc) is 2.60. The van der Waals surface area contributed by atoms with E-state index >= 15 is 0 Å². The van der Waals surface area contributed by atoms with Crippen LogP contribution in [0, 0.1) is 13.8 Å². The molecule has 3 aromatic rings. The van der Waals surface area contributed by atoms with Gasteiger partial charge in [0.05, 0.1) is 6.04 Å². The molecule has 0 spiro atoms. The lowest BCUT2D eigenvalue weighted by Gasteiger charge is -2.22. The van der Waals surface area contributed by atoms with Crippen molar-refractivity contribution in [3.63, 3.8) is 0 Å². The summed E-state index contributed by atoms with van der Waals surface area (Å²) >= 11 is 5.56. The van der Waals surface area contributed by atoms with Crippen molar-refractivity contribution < 1.29 is 0 Å². The largest absolute Gasteiger partial charge is 0.352 e. The molecule has 2 aromatic carbocycles. The van der Waals surface area contributed by atoms with Gasteiger partial charge in [-0.2, -0.15) is 0 Å². The van der Waals surface area contributed by atoms with Crippen LogP contribution in [0.2, 0.25) is 0 Å². The second-order valence-electron chi connectivity index (χ2n) is 6.10. The maximum Gasteiger partial charge on any atom is 0.171 e. The normalized spacial score (nSPS) is 11.6. The molecule has 1 atom stereocenters. The molecule has 1 aromatic heterocycles. The summed E-state index contributed by atoms with van der Waals surface area (Å²) in [4.78, 5) is 4.11. The summed E-state index contributed by atoms with van der Waals surface area (Å²) in [6, 6.07) is 20.6. The average molecular weight is 347 g/mol. The summed E-state index contributed by atoms with van der Waals surface area (Å²) < 4.78 is 0. The van der Waals surface area contributed by atoms with E-state index in [1.165, 1.54) is 11.1 Å². The van der Waals surface area contributed by atoms with Gasteiger partial charge in [-0.05, 0) is 72.6 Å². The number of hydrogen-bond acceptors (Lipinski definition) is 2. The molecule has 0 aliphatic carbocycles. The third-order valence-electron chi connectivity index (χ3n) is 3.93. The topological polar surface area (TPSA) is 37.0 Å². The molecule has 0 bridgehead atoms. The highest BCUT2D eigenvalue weighted by atomic mass is 32.1. The molecule has 0 saturated heterocycles. The number of nitrogens with one attached hydrogen (secondary N) is 2. The fourth-order valence-corrected chi connectivity index (χ4v) is 3.14. The van der Waals surface area contributed by atoms with Crippen LogP contribution in [0.5, 0.6) is 0 Å². The van der Waals surface area contributed by atoms with Gasteiger partial charge in [-0.25, -0.2) is 0 Å². The molecule has 3 rings (SSSR count). The first-order valence-electron chi connectivity index (χ1n) is 8.22. The molecule has 0 saturated carbocycles. The molecule has 25 heavy (non-hydrogen) atoms. The molecule has 0 amide bonds. The van der Waals surface area contributed by atoms with Crippen molar-refractivity contribution in [2.75, 3.05) is 5.32 Å². The van der Waals surface area contributed by atoms with Crippen molar-refractivity contribution in [3.8, 4) is 0 Å². The summed E-state index contributed by atoms with van der Waals surface area (Å²) in [6.45, 7) is 4.16. The van der Waals surface area contributed by atoms with E-state index in [0.29, 0.717) is 5.11 Å². The van der Waals surface area contributed by atoms with E-state index in [0.717, 1.165) is 16.8 Å². The zero-order chi connectivity index (χ0) is 17.6. The fourth-order valence-electron chi connectivity index (χ4n) is 2.91. The Morgan fingerprint density at radius 2 is 1.48 bits per heavy atom. The Morgan fingerprint density at radius 1 is 0.880 bits per heavy atom. The van der Waals surface area contributed by atoms with E-state index in [2.05, 4.69) is 59.8 Å². The van der Waals surface area contributed by atoms with Gasteiger partial charge in [-0.15, -0.1) is 0 Å². The second kappa shape index (κ2) is 7.90. The summed E-state index contributed by atoms with van der Waals surface area (Å²) in [6.07, 6.45) is 3.60. The van der Waals surface area contributed by atoms with Crippen LogP contribution in [0.3, 0.4) is 0 Å². The van der Waals surface area contributed by atoms with Crippen molar-refractivity contribution in [1.82, 2.24) is 10.3 Å². The van der Waals surface area contributed by atoms with Gasteiger partial charge in [0.1, 0.15) is 0 Å². The highest BCUT2D eigenvalue weighted by Crippen LogP contribution is 2.22. The smallest absolute Gasteiger partial charge is 0.171 e. The second-order valence-corrected chi connectivity index (χ2v) is 6.51. The number of hydrogen-bond donors (Lipinski definition) is 2. The van der Waals surface area contributed by atoms with Crippen molar-refractivity contribution in [2.24, 2.45) is 0 Å². The van der Waals surface area contributed by atoms with Crippen LogP contribution in [0.15, 0.2) is 73.1 Å². The summed E-state index contributed by atoms with van der Waals surface area (Å²) in [5.41, 5.74) is 5.68. The van der Waals surface area contributed by atoms with E-state index < -0.39 is 0 Å². The lowest BCUT2D eigenvalue weighted by molar-refractivity contribution is 0.767. The molecule has 126 valence electrons. The molecule has 0 aliphatic rings. The fraction of sp³-hybridized carbons (Fsp3) is 0.143. The van der Waals surface area contributed by atoms with Gasteiger partial charge in [0, 0.05) is 18.1 Å². The standard InChI is InChI=1S/C21H21N3S/c1-15-12-16(2)14-19(13-15)23-21(25)24-20(17-6-4-3-5-7-17)18-8-10-22-11-9-18/h3-14,20H,1-2H3,(H2,23,24,25)/t20-/m0/s1. The molecule has 0 fully saturated rings. The first-order chi connectivity index (χ1) is 12.1. The quantitative estimate of drug-likeness (QED) is 0.666. The van der Waals surface area contributed by atoms with Crippen molar-refractivity contribution in [3.05, 3.63) is 95.3 Å². The minimum absolute atomic E-state index is 0.0323. The van der Waals surface area contributed by atoms with Crippen LogP contribution in [-0.2, 0) is 0 Å². The van der Waals surface area contributed by atoms with Crippen LogP contribution >= 0.6 is 12.2 Å². The highest BCUT2D eigenvalue weighted by Gasteiger charge is 2.15. The first-order valence-corrected chi connectivity index (χ1v) is 8.63. The lowest BCUT2D eigenvalue weighted by atomic mass is 10.00. The van der Waals surface area contributed by atoms with Gasteiger partial charge in [0.2, 0.25) is 0 Å². The van der Waals surface area contributed by atoms with E-state index in [9.17, 15) is 0 Å². The van der Waals surface area contributed by atoms with Crippen molar-refractivity contribution in [2.45, 2.75) is 19.9 Å². The Labute approximate surface area is 154 Å². The maximum atomic E-state index is 5.56. The van der Waals surface area contributed by atoms with Gasteiger partial charge in [-0.1, -0.05) is 36.4 Å². The minimum atomic E-state index is -0.0323. The molecule has 0 aliphatic heterocycles. The molecular weight excluding hydrogens is 326 g/mol. The van der Waals surface area contributed by atoms with Crippen LogP contribution in [0.25, 0.3) is 0 Å². The number of nitrogens with zero attached hydrogens (tertiary/aromatic N) is 1. The Bertz CT molecular complexity index is 788. The number of aromatic nitrogens is 1. The predicted octanol–water partition coefficient (Wildman–Crippen LogP) is 4.77. The Kier molecular flexibility index (Phi) is 5.41. The van der Waals surface area contributed by atoms with Crippen LogP contribution in [0.4, 0.5) is 5.69 Å². The number of benzene rings is 2. The molecular formula is C21H21N3S. The number of aryl methyl sites for hydroxylation is 2. The molecule has 1 heterocycles. The zero-order valence-electron chi connectivity index (χ0n) is 14.4. The van der Waals surface area contributed by atoms with Crippen LogP contribution in [0.1, 0.15) is 28.3 Å². The third kappa shape index (κ3) is 4.64. The number of thiocarbonyl (C=S) groups is 1. The Morgan fingerprint density at radius 3 is 2.12 bits per heavy atom. The summed E-state index contributed by atoms with van der Waals surface area (Å²) in [5.74, 6) is 0. The van der Waals surface area contributed by atoms with Gasteiger partial charge in [0.15, 0.2) is 5.11 Å². The van der Waals surface area contributed by atoms with E-state index in [-0.39, 0.29) is 6.04 Å². The van der Waals surface area contributed by atoms with Gasteiger partial charge >= 0.3 is 0 Å². The van der Waals surface area contributed by atoms with Crippen LogP contribution in [-0.4, -0.2) is 10.1 Å². The maximum absolute atomic E-state index is 5.56. The predicted molar refractivity (Wildman–Crippen MR) is 108 cm³/mol. The first kappa shape index (κ1) is 17.1. The number of rotatable bonds is 4. The SMILES string of the molecule is Cc1cc(C)cc(NC(=S)N[C@@H](c2ccccc2)c2ccncc2)c1. The third-order valence-corrected chi connectivity index (χ3v) is 4.15. The highest BCUT2D eigenvalue weighted by molar-refractivity contribution is 7.80. The van der Waals surface area contributed by atoms with Gasteiger partial charge < -0.3 is 10.6 Å². The van der Waals surface area contributed by atoms with Gasteiger partial charge in [0.25, 0.3) is 0 Å². The Balaban J connectivity index is 1.81. The number of anilines is 1. The Hall–Kier alpha value is -2.72. The molecule has 0 radical (unpaired) electrons. The minimum Gasteiger partial charge on any atom is -0.352 e. The number of pyridine rings is 1. The monoisotopic (exact) mass is 347 g/mol. The summed E-state index contributed by atoms with van der Waals surface area (Å²) in [7, 11) is 0. The van der Waals surface area contributed by atoms with Crippen LogP contribution < -0.4 is 10.6 Å². The molecule has 3 nitrogen and oxygen atoms in total. The zero-order valence-corrected chi connectivity index (χ0v) is 15.2. The van der Waals surface area contributed by atoms with Crippen molar-refractivity contribution >= 4 is 23.0 Å². The van der Waals surface area contributed by atoms with E-state index in [4.69, 9.17) is 12.2 Å². The van der Waals surface area contributed by atoms with Crippen molar-refractivity contribution in [1.29, 1.82) is 0 Å². The van der Waals surface area contributed by atoms with E-state index in [1.54, 1.807) is 12.4 Å². The molecule has 2 N–H and O–H groups in total. The van der Waals surface area contributed by atoms with E-state index in [1.807, 2.05) is 30.3 Å².